The lowest BCUT2D eigenvalue weighted by Gasteiger charge is -2.33. The van der Waals surface area contributed by atoms with Gasteiger partial charge in [0.1, 0.15) is 0 Å². The number of guanidine groups is 1. The summed E-state index contributed by atoms with van der Waals surface area (Å²) in [6.45, 7) is 9.98. The number of fused-ring (bicyclic) bond motifs is 1. The lowest BCUT2D eigenvalue weighted by atomic mass is 10.3. The van der Waals surface area contributed by atoms with Gasteiger partial charge >= 0.3 is 0 Å². The normalized spacial score (nSPS) is 18.7. The molecule has 182 valence electrons. The number of aromatic nitrogens is 2. The number of morpholine rings is 1. The predicted molar refractivity (Wildman–Crippen MR) is 126 cm³/mol. The van der Waals surface area contributed by atoms with Crippen LogP contribution in [0.5, 0.6) is 0 Å². The maximum absolute atomic E-state index is 14.0. The summed E-state index contributed by atoms with van der Waals surface area (Å²) in [5.41, 5.74) is 0.905. The van der Waals surface area contributed by atoms with Gasteiger partial charge in [0.15, 0.2) is 5.82 Å². The first-order valence-corrected chi connectivity index (χ1v) is 11.1. The van der Waals surface area contributed by atoms with E-state index >= 15 is 0 Å². The number of amides is 1. The van der Waals surface area contributed by atoms with Crippen LogP contribution in [-0.4, -0.2) is 108 Å². The summed E-state index contributed by atoms with van der Waals surface area (Å²) in [7, 11) is 0. The van der Waals surface area contributed by atoms with Crippen LogP contribution in [0.15, 0.2) is 39.2 Å². The molecule has 1 aromatic carbocycles. The summed E-state index contributed by atoms with van der Waals surface area (Å²) in [6.07, 6.45) is -2.82. The second-order valence-electron chi connectivity index (χ2n) is 7.99. The molecule has 0 saturated carbocycles. The van der Waals surface area contributed by atoms with Crippen LogP contribution in [0.25, 0.3) is 11.0 Å². The molecule has 2 aliphatic rings. The minimum absolute atomic E-state index is 0.0344. The maximum Gasteiger partial charge on any atom is 0.296 e. The number of para-hydroxylation sites is 2. The molecule has 2 aromatic rings. The van der Waals surface area contributed by atoms with Crippen molar-refractivity contribution in [3.8, 4) is 0 Å². The molecule has 3 heterocycles. The summed E-state index contributed by atoms with van der Waals surface area (Å²) in [6, 6.07) is 6.88. The number of benzene rings is 1. The van der Waals surface area contributed by atoms with Crippen molar-refractivity contribution in [3.05, 3.63) is 30.1 Å². The van der Waals surface area contributed by atoms with Crippen molar-refractivity contribution < 1.29 is 18.3 Å². The summed E-state index contributed by atoms with van der Waals surface area (Å²) in [5.74, 6) is -0.0454. The van der Waals surface area contributed by atoms with Crippen LogP contribution in [0.1, 0.15) is 19.2 Å². The van der Waals surface area contributed by atoms with E-state index in [4.69, 9.17) is 4.74 Å². The highest BCUT2D eigenvalue weighted by atomic mass is 19.3. The molecule has 4 rings (SSSR count). The standard InChI is InChI=1S/C22H28F2N8O2/c1-16(33)30-9-7-29(8-10-30)15-26-22(28-21(25-2)31-11-13-34-14-12-31)32-18-6-4-3-5-17(18)27-20(32)19(23)24/h3-6,19H,2,7-15H2,1H3. The highest BCUT2D eigenvalue weighted by Gasteiger charge is 2.24. The molecule has 1 amide bonds. The van der Waals surface area contributed by atoms with Gasteiger partial charge in [-0.1, -0.05) is 12.1 Å². The predicted octanol–water partition coefficient (Wildman–Crippen LogP) is 1.69. The van der Waals surface area contributed by atoms with Crippen molar-refractivity contribution in [1.29, 1.82) is 0 Å². The summed E-state index contributed by atoms with van der Waals surface area (Å²) < 4.78 is 34.7. The number of aliphatic imine (C=N–C) groups is 3. The van der Waals surface area contributed by atoms with E-state index in [2.05, 4.69) is 26.7 Å². The first kappa shape index (κ1) is 23.9. The zero-order chi connectivity index (χ0) is 24.1. The Kier molecular flexibility index (Phi) is 7.58. The largest absolute Gasteiger partial charge is 0.378 e. The molecule has 1 aromatic heterocycles. The lowest BCUT2D eigenvalue weighted by molar-refractivity contribution is -0.130. The van der Waals surface area contributed by atoms with Crippen molar-refractivity contribution in [2.24, 2.45) is 15.0 Å². The number of carbonyl (C=O) groups excluding carboxylic acids is 1. The third kappa shape index (κ3) is 5.28. The van der Waals surface area contributed by atoms with E-state index in [1.165, 1.54) is 4.57 Å². The monoisotopic (exact) mass is 474 g/mol. The Hall–Kier alpha value is -3.25. The molecule has 0 spiro atoms. The van der Waals surface area contributed by atoms with Gasteiger partial charge in [0.05, 0.1) is 30.9 Å². The highest BCUT2D eigenvalue weighted by molar-refractivity contribution is 6.01. The number of rotatable bonds is 3. The average Bonchev–Trinajstić information content (AvgIpc) is 3.25. The summed E-state index contributed by atoms with van der Waals surface area (Å²) in [4.78, 5) is 34.7. The van der Waals surface area contributed by atoms with E-state index in [0.717, 1.165) is 0 Å². The molecule has 12 heteroatoms. The van der Waals surface area contributed by atoms with Gasteiger partial charge < -0.3 is 14.5 Å². The number of alkyl halides is 2. The van der Waals surface area contributed by atoms with Gasteiger partial charge in [-0.25, -0.2) is 23.7 Å². The van der Waals surface area contributed by atoms with E-state index in [1.807, 2.05) is 9.80 Å². The highest BCUT2D eigenvalue weighted by Crippen LogP contribution is 2.24. The second-order valence-corrected chi connectivity index (χ2v) is 7.99. The van der Waals surface area contributed by atoms with Gasteiger partial charge in [-0.15, -0.1) is 0 Å². The molecule has 0 atom stereocenters. The maximum atomic E-state index is 14.0. The van der Waals surface area contributed by atoms with Crippen LogP contribution in [0.2, 0.25) is 0 Å². The van der Waals surface area contributed by atoms with Crippen LogP contribution in [-0.2, 0) is 9.53 Å². The van der Waals surface area contributed by atoms with Crippen LogP contribution >= 0.6 is 0 Å². The molecular formula is C22H28F2N8O2. The van der Waals surface area contributed by atoms with Crippen molar-refractivity contribution >= 4 is 35.6 Å². The Labute approximate surface area is 196 Å². The van der Waals surface area contributed by atoms with Crippen LogP contribution in [0.3, 0.4) is 0 Å². The number of nitrogens with zero attached hydrogens (tertiary/aromatic N) is 8. The van der Waals surface area contributed by atoms with Crippen LogP contribution < -0.4 is 0 Å². The average molecular weight is 475 g/mol. The Morgan fingerprint density at radius 3 is 2.44 bits per heavy atom. The Morgan fingerprint density at radius 2 is 1.79 bits per heavy atom. The third-order valence-corrected chi connectivity index (χ3v) is 5.85. The van der Waals surface area contributed by atoms with E-state index in [1.54, 1.807) is 36.1 Å². The van der Waals surface area contributed by atoms with Gasteiger partial charge in [-0.2, -0.15) is 4.99 Å². The number of hydrogen-bond donors (Lipinski definition) is 0. The molecule has 2 fully saturated rings. The molecule has 2 aliphatic heterocycles. The second kappa shape index (κ2) is 10.8. The first-order valence-electron chi connectivity index (χ1n) is 11.1. The Bertz CT molecular complexity index is 1090. The smallest absolute Gasteiger partial charge is 0.296 e. The minimum atomic E-state index is -2.82. The number of carbonyl (C=O) groups is 1. The summed E-state index contributed by atoms with van der Waals surface area (Å²) in [5, 5.41) is 0. The number of ether oxygens (including phenoxy) is 1. The van der Waals surface area contributed by atoms with E-state index < -0.39 is 12.2 Å². The minimum Gasteiger partial charge on any atom is -0.378 e. The van der Waals surface area contributed by atoms with Gasteiger partial charge in [0.25, 0.3) is 6.43 Å². The fourth-order valence-electron chi connectivity index (χ4n) is 3.98. The SMILES string of the molecule is C=NC(=NC(=NCN1CCN(C(C)=O)CC1)n1c(C(F)F)nc2ccccc21)N1CCOCC1. The van der Waals surface area contributed by atoms with Gasteiger partial charge in [-0.05, 0) is 18.9 Å². The van der Waals surface area contributed by atoms with E-state index in [-0.39, 0.29) is 18.5 Å². The summed E-state index contributed by atoms with van der Waals surface area (Å²) >= 11 is 0. The Balaban J connectivity index is 1.72. The topological polar surface area (TPSA) is 90.9 Å². The first-order chi connectivity index (χ1) is 16.5. The van der Waals surface area contributed by atoms with Gasteiger partial charge in [0, 0.05) is 46.2 Å². The lowest BCUT2D eigenvalue weighted by Crippen LogP contribution is -2.48. The number of hydrogen-bond acceptors (Lipinski definition) is 5. The zero-order valence-corrected chi connectivity index (χ0v) is 19.1. The van der Waals surface area contributed by atoms with E-state index in [9.17, 15) is 13.6 Å². The van der Waals surface area contributed by atoms with Crippen LogP contribution in [0, 0.1) is 0 Å². The van der Waals surface area contributed by atoms with Gasteiger partial charge in [0.2, 0.25) is 17.8 Å². The quantitative estimate of drug-likeness (QED) is 0.499. The molecule has 34 heavy (non-hydrogen) atoms. The van der Waals surface area contributed by atoms with Gasteiger partial charge in [-0.3, -0.25) is 14.3 Å². The molecular weight excluding hydrogens is 446 g/mol. The Morgan fingerprint density at radius 1 is 1.09 bits per heavy atom. The molecule has 0 unspecified atom stereocenters. The number of piperazine rings is 1. The fourth-order valence-corrected chi connectivity index (χ4v) is 3.98. The van der Waals surface area contributed by atoms with Crippen molar-refractivity contribution in [1.82, 2.24) is 24.3 Å². The van der Waals surface area contributed by atoms with Crippen LogP contribution in [0.4, 0.5) is 8.78 Å². The van der Waals surface area contributed by atoms with Crippen molar-refractivity contribution in [2.45, 2.75) is 13.3 Å². The molecule has 10 nitrogen and oxygen atoms in total. The fraction of sp³-hybridized carbons (Fsp3) is 0.500. The van der Waals surface area contributed by atoms with E-state index in [0.29, 0.717) is 69.5 Å². The number of halogens is 2. The zero-order valence-electron chi connectivity index (χ0n) is 19.1. The molecule has 2 saturated heterocycles. The molecule has 0 radical (unpaired) electrons. The van der Waals surface area contributed by atoms with Crippen molar-refractivity contribution in [2.75, 3.05) is 59.2 Å². The third-order valence-electron chi connectivity index (χ3n) is 5.85. The molecule has 0 N–H and O–H groups in total. The number of imidazole rings is 1. The van der Waals surface area contributed by atoms with Crippen molar-refractivity contribution in [3.63, 3.8) is 0 Å². The molecule has 0 aliphatic carbocycles. The molecule has 0 bridgehead atoms.